The van der Waals surface area contributed by atoms with Gasteiger partial charge in [-0.1, -0.05) is 50.4 Å². The molecule has 1 aromatic carbocycles. The third-order valence-corrected chi connectivity index (χ3v) is 3.68. The Kier molecular flexibility index (Phi) is 5.67. The first kappa shape index (κ1) is 15.0. The molecule has 0 heterocycles. The van der Waals surface area contributed by atoms with Crippen LogP contribution in [0.3, 0.4) is 0 Å². The fraction of sp³-hybridized carbons (Fsp3) is 0.533. The van der Waals surface area contributed by atoms with E-state index in [0.717, 1.165) is 30.7 Å². The van der Waals surface area contributed by atoms with E-state index in [1.165, 1.54) is 5.56 Å². The molecule has 0 aromatic heterocycles. The van der Waals surface area contributed by atoms with Crippen LogP contribution >= 0.6 is 11.6 Å². The number of hydrogen-bond donors (Lipinski definition) is 1. The maximum atomic E-state index is 11.4. The van der Waals surface area contributed by atoms with E-state index in [-0.39, 0.29) is 11.3 Å². The quantitative estimate of drug-likeness (QED) is 0.796. The molecule has 1 rings (SSSR count). The summed E-state index contributed by atoms with van der Waals surface area (Å²) in [6.45, 7) is 4.28. The van der Waals surface area contributed by atoms with Crippen molar-refractivity contribution in [3.05, 3.63) is 34.9 Å². The summed E-state index contributed by atoms with van der Waals surface area (Å²) in [4.78, 5) is 11.4. The normalized spacial score (nSPS) is 11.5. The molecule has 0 spiro atoms. The van der Waals surface area contributed by atoms with Crippen LogP contribution in [0.2, 0.25) is 5.02 Å². The number of hydrogen-bond acceptors (Lipinski definition) is 1. The van der Waals surface area contributed by atoms with Crippen molar-refractivity contribution in [2.24, 2.45) is 5.73 Å². The van der Waals surface area contributed by atoms with Gasteiger partial charge in [0.1, 0.15) is 0 Å². The molecule has 2 nitrogen and oxygen atoms in total. The van der Waals surface area contributed by atoms with Gasteiger partial charge in [-0.2, -0.15) is 0 Å². The summed E-state index contributed by atoms with van der Waals surface area (Å²) in [5.41, 5.74) is 6.49. The second-order valence-corrected chi connectivity index (χ2v) is 5.37. The highest BCUT2D eigenvalue weighted by Crippen LogP contribution is 2.38. The standard InChI is InChI=1S/C15H22ClNO/c1-3-9-15(10-4-2,11-14(17)18)12-5-7-13(16)8-6-12/h5-8H,3-4,9-11H2,1-2H3,(H2,17,18). The van der Waals surface area contributed by atoms with Crippen LogP contribution in [0.1, 0.15) is 51.5 Å². The Morgan fingerprint density at radius 2 is 1.67 bits per heavy atom. The molecule has 18 heavy (non-hydrogen) atoms. The fourth-order valence-corrected chi connectivity index (χ4v) is 2.91. The van der Waals surface area contributed by atoms with Crippen molar-refractivity contribution in [3.8, 4) is 0 Å². The SMILES string of the molecule is CCCC(CCC)(CC(N)=O)c1ccc(Cl)cc1. The van der Waals surface area contributed by atoms with Gasteiger partial charge in [-0.25, -0.2) is 0 Å². The molecule has 0 aliphatic carbocycles. The number of carbonyl (C=O) groups is 1. The molecule has 0 radical (unpaired) electrons. The Labute approximate surface area is 115 Å². The lowest BCUT2D eigenvalue weighted by Crippen LogP contribution is -2.32. The van der Waals surface area contributed by atoms with Crippen LogP contribution in [0.5, 0.6) is 0 Å². The lowest BCUT2D eigenvalue weighted by atomic mass is 9.71. The van der Waals surface area contributed by atoms with E-state index in [0.29, 0.717) is 6.42 Å². The van der Waals surface area contributed by atoms with Gasteiger partial charge in [0.05, 0.1) is 0 Å². The molecule has 0 aliphatic rings. The summed E-state index contributed by atoms with van der Waals surface area (Å²) in [5.74, 6) is -0.230. The van der Waals surface area contributed by atoms with Crippen LogP contribution in [-0.4, -0.2) is 5.91 Å². The number of amides is 1. The molecule has 0 unspecified atom stereocenters. The summed E-state index contributed by atoms with van der Waals surface area (Å²) >= 11 is 5.93. The number of halogens is 1. The first-order valence-electron chi connectivity index (χ1n) is 6.58. The predicted octanol–water partition coefficient (Wildman–Crippen LogP) is 4.05. The van der Waals surface area contributed by atoms with E-state index >= 15 is 0 Å². The van der Waals surface area contributed by atoms with Crippen LogP contribution in [-0.2, 0) is 10.2 Å². The topological polar surface area (TPSA) is 43.1 Å². The molecule has 0 atom stereocenters. The van der Waals surface area contributed by atoms with Gasteiger partial charge >= 0.3 is 0 Å². The van der Waals surface area contributed by atoms with Crippen molar-refractivity contribution in [1.29, 1.82) is 0 Å². The Balaban J connectivity index is 3.13. The van der Waals surface area contributed by atoms with Gasteiger partial charge in [0.25, 0.3) is 0 Å². The van der Waals surface area contributed by atoms with E-state index in [9.17, 15) is 4.79 Å². The van der Waals surface area contributed by atoms with E-state index in [1.54, 1.807) is 0 Å². The summed E-state index contributed by atoms with van der Waals surface area (Å²) in [5, 5.41) is 0.722. The van der Waals surface area contributed by atoms with Crippen LogP contribution < -0.4 is 5.73 Å². The Bertz CT molecular complexity index is 380. The second-order valence-electron chi connectivity index (χ2n) is 4.93. The fourth-order valence-electron chi connectivity index (χ4n) is 2.79. The minimum absolute atomic E-state index is 0.125. The summed E-state index contributed by atoms with van der Waals surface area (Å²) in [6, 6.07) is 7.82. The summed E-state index contributed by atoms with van der Waals surface area (Å²) in [7, 11) is 0. The van der Waals surface area contributed by atoms with Crippen LogP contribution in [0, 0.1) is 0 Å². The lowest BCUT2D eigenvalue weighted by molar-refractivity contribution is -0.119. The molecule has 0 saturated heterocycles. The molecule has 0 aliphatic heterocycles. The van der Waals surface area contributed by atoms with Gasteiger partial charge in [-0.3, -0.25) is 4.79 Å². The van der Waals surface area contributed by atoms with Crippen molar-refractivity contribution in [2.45, 2.75) is 51.4 Å². The minimum atomic E-state index is -0.230. The maximum absolute atomic E-state index is 11.4. The first-order valence-corrected chi connectivity index (χ1v) is 6.96. The first-order chi connectivity index (χ1) is 8.54. The molecular weight excluding hydrogens is 246 g/mol. The van der Waals surface area contributed by atoms with Crippen molar-refractivity contribution >= 4 is 17.5 Å². The third kappa shape index (κ3) is 3.74. The highest BCUT2D eigenvalue weighted by molar-refractivity contribution is 6.30. The largest absolute Gasteiger partial charge is 0.370 e. The molecule has 1 amide bonds. The molecule has 0 bridgehead atoms. The molecular formula is C15H22ClNO. The van der Waals surface area contributed by atoms with Gasteiger partial charge in [0, 0.05) is 16.9 Å². The van der Waals surface area contributed by atoms with E-state index in [2.05, 4.69) is 13.8 Å². The van der Waals surface area contributed by atoms with Gasteiger partial charge in [-0.15, -0.1) is 0 Å². The van der Waals surface area contributed by atoms with Crippen LogP contribution in [0.15, 0.2) is 24.3 Å². The average Bonchev–Trinajstić information content (AvgIpc) is 2.29. The minimum Gasteiger partial charge on any atom is -0.370 e. The van der Waals surface area contributed by atoms with E-state index in [1.807, 2.05) is 24.3 Å². The number of nitrogens with two attached hydrogens (primary N) is 1. The van der Waals surface area contributed by atoms with Gasteiger partial charge in [0.15, 0.2) is 0 Å². The predicted molar refractivity (Wildman–Crippen MR) is 76.8 cm³/mol. The van der Waals surface area contributed by atoms with Crippen LogP contribution in [0.4, 0.5) is 0 Å². The highest BCUT2D eigenvalue weighted by atomic mass is 35.5. The van der Waals surface area contributed by atoms with Crippen molar-refractivity contribution < 1.29 is 4.79 Å². The van der Waals surface area contributed by atoms with Crippen molar-refractivity contribution in [2.75, 3.05) is 0 Å². The van der Waals surface area contributed by atoms with Gasteiger partial charge in [0.2, 0.25) is 5.91 Å². The number of primary amides is 1. The monoisotopic (exact) mass is 267 g/mol. The number of rotatable bonds is 7. The van der Waals surface area contributed by atoms with Crippen LogP contribution in [0.25, 0.3) is 0 Å². The Morgan fingerprint density at radius 3 is 2.06 bits per heavy atom. The molecule has 0 fully saturated rings. The zero-order valence-corrected chi connectivity index (χ0v) is 12.0. The smallest absolute Gasteiger partial charge is 0.218 e. The van der Waals surface area contributed by atoms with E-state index < -0.39 is 0 Å². The Hall–Kier alpha value is -1.02. The molecule has 1 aromatic rings. The summed E-state index contributed by atoms with van der Waals surface area (Å²) < 4.78 is 0. The maximum Gasteiger partial charge on any atom is 0.218 e. The molecule has 3 heteroatoms. The average molecular weight is 268 g/mol. The zero-order chi connectivity index (χ0) is 13.6. The number of carbonyl (C=O) groups excluding carboxylic acids is 1. The molecule has 2 N–H and O–H groups in total. The summed E-state index contributed by atoms with van der Waals surface area (Å²) in [6.07, 6.45) is 4.44. The Morgan fingerprint density at radius 1 is 1.17 bits per heavy atom. The molecule has 0 saturated carbocycles. The van der Waals surface area contributed by atoms with Gasteiger partial charge < -0.3 is 5.73 Å². The number of benzene rings is 1. The van der Waals surface area contributed by atoms with E-state index in [4.69, 9.17) is 17.3 Å². The second kappa shape index (κ2) is 6.79. The molecule has 100 valence electrons. The zero-order valence-electron chi connectivity index (χ0n) is 11.2. The van der Waals surface area contributed by atoms with Gasteiger partial charge in [-0.05, 0) is 30.5 Å². The highest BCUT2D eigenvalue weighted by Gasteiger charge is 2.32. The van der Waals surface area contributed by atoms with Crippen molar-refractivity contribution in [1.82, 2.24) is 0 Å². The lowest BCUT2D eigenvalue weighted by Gasteiger charge is -2.33. The third-order valence-electron chi connectivity index (χ3n) is 3.43. The van der Waals surface area contributed by atoms with Crippen molar-refractivity contribution in [3.63, 3.8) is 0 Å².